The van der Waals surface area contributed by atoms with Gasteiger partial charge in [0.2, 0.25) is 11.8 Å². The average molecular weight is 291 g/mol. The van der Waals surface area contributed by atoms with Crippen LogP contribution in [0.25, 0.3) is 0 Å². The molecule has 1 aromatic carbocycles. The van der Waals surface area contributed by atoms with E-state index >= 15 is 0 Å². The summed E-state index contributed by atoms with van der Waals surface area (Å²) < 4.78 is 5.23. The molecule has 1 heterocycles. The lowest BCUT2D eigenvalue weighted by molar-refractivity contribution is -0.118. The van der Waals surface area contributed by atoms with E-state index in [9.17, 15) is 9.59 Å². The van der Waals surface area contributed by atoms with Crippen LogP contribution >= 0.6 is 0 Å². The van der Waals surface area contributed by atoms with Gasteiger partial charge in [-0.2, -0.15) is 0 Å². The molecule has 1 saturated heterocycles. The molecule has 0 aliphatic carbocycles. The Bertz CT molecular complexity index is 525. The lowest BCUT2D eigenvalue weighted by Gasteiger charge is -2.22. The number of carbonyl (C=O) groups is 2. The zero-order valence-corrected chi connectivity index (χ0v) is 12.4. The predicted octanol–water partition coefficient (Wildman–Crippen LogP) is 1.73. The van der Waals surface area contributed by atoms with E-state index in [-0.39, 0.29) is 17.9 Å². The second kappa shape index (κ2) is 7.08. The minimum absolute atomic E-state index is 0.0379. The summed E-state index contributed by atoms with van der Waals surface area (Å²) in [6.07, 6.45) is 3.03. The van der Waals surface area contributed by atoms with Gasteiger partial charge in [-0.3, -0.25) is 9.59 Å². The highest BCUT2D eigenvalue weighted by Crippen LogP contribution is 2.28. The summed E-state index contributed by atoms with van der Waals surface area (Å²) in [6.45, 7) is 2.31. The highest BCUT2D eigenvalue weighted by molar-refractivity contribution is 5.96. The van der Waals surface area contributed by atoms with Crippen molar-refractivity contribution in [1.82, 2.24) is 5.32 Å². The average Bonchev–Trinajstić information content (AvgIpc) is 2.49. The second-order valence-electron chi connectivity index (χ2n) is 5.09. The quantitative estimate of drug-likeness (QED) is 0.789. The summed E-state index contributed by atoms with van der Waals surface area (Å²) in [4.78, 5) is 23.3. The van der Waals surface area contributed by atoms with Crippen LogP contribution in [-0.2, 0) is 9.59 Å². The lowest BCUT2D eigenvalue weighted by Crippen LogP contribution is -2.43. The first kappa shape index (κ1) is 15.3. The Labute approximate surface area is 124 Å². The fraction of sp³-hybridized carbons (Fsp3) is 0.467. The molecule has 6 nitrogen and oxygen atoms in total. The number of ether oxygens (including phenoxy) is 1. The van der Waals surface area contributed by atoms with E-state index in [1.807, 2.05) is 0 Å². The number of rotatable bonds is 4. The molecule has 114 valence electrons. The van der Waals surface area contributed by atoms with Gasteiger partial charge in [0.05, 0.1) is 18.8 Å². The molecule has 0 radical (unpaired) electrons. The molecular formula is C15H21N3O3. The summed E-state index contributed by atoms with van der Waals surface area (Å²) in [5, 5.41) is 8.76. The highest BCUT2D eigenvalue weighted by atomic mass is 16.5. The Morgan fingerprint density at radius 3 is 2.71 bits per heavy atom. The number of benzene rings is 1. The van der Waals surface area contributed by atoms with Crippen LogP contribution in [0.15, 0.2) is 18.2 Å². The van der Waals surface area contributed by atoms with E-state index in [1.165, 1.54) is 14.0 Å². The molecule has 2 amide bonds. The van der Waals surface area contributed by atoms with E-state index < -0.39 is 0 Å². The fourth-order valence-corrected chi connectivity index (χ4v) is 2.37. The molecule has 1 fully saturated rings. The number of anilines is 2. The van der Waals surface area contributed by atoms with Gasteiger partial charge in [-0.05, 0) is 31.5 Å². The standard InChI is InChI=1S/C15H21N3O3/c1-10(19)17-12-7-6-11(9-14(12)21-2)18-15(20)13-5-3-4-8-16-13/h6-7,9,13,16H,3-5,8H2,1-2H3,(H,17,19)(H,18,20)/t13-/m0/s1. The number of amides is 2. The van der Waals surface area contributed by atoms with Crippen LogP contribution in [0.4, 0.5) is 11.4 Å². The Hall–Kier alpha value is -2.08. The van der Waals surface area contributed by atoms with Gasteiger partial charge < -0.3 is 20.7 Å². The van der Waals surface area contributed by atoms with Crippen molar-refractivity contribution in [2.24, 2.45) is 0 Å². The highest BCUT2D eigenvalue weighted by Gasteiger charge is 2.20. The zero-order chi connectivity index (χ0) is 15.2. The van der Waals surface area contributed by atoms with Crippen molar-refractivity contribution in [2.75, 3.05) is 24.3 Å². The van der Waals surface area contributed by atoms with Gasteiger partial charge in [0.1, 0.15) is 5.75 Å². The third-order valence-electron chi connectivity index (χ3n) is 3.41. The van der Waals surface area contributed by atoms with E-state index in [4.69, 9.17) is 4.74 Å². The molecule has 2 rings (SSSR count). The molecule has 1 aromatic rings. The number of piperidine rings is 1. The maximum Gasteiger partial charge on any atom is 0.241 e. The van der Waals surface area contributed by atoms with Crippen LogP contribution in [0.1, 0.15) is 26.2 Å². The van der Waals surface area contributed by atoms with E-state index in [0.29, 0.717) is 17.1 Å². The van der Waals surface area contributed by atoms with Gasteiger partial charge in [-0.1, -0.05) is 6.42 Å². The van der Waals surface area contributed by atoms with Gasteiger partial charge >= 0.3 is 0 Å². The molecule has 1 aliphatic heterocycles. The van der Waals surface area contributed by atoms with Crippen LogP contribution in [-0.4, -0.2) is 31.5 Å². The summed E-state index contributed by atoms with van der Waals surface area (Å²) in [5.41, 5.74) is 1.23. The van der Waals surface area contributed by atoms with E-state index in [2.05, 4.69) is 16.0 Å². The van der Waals surface area contributed by atoms with Crippen LogP contribution in [0, 0.1) is 0 Å². The number of hydrogen-bond acceptors (Lipinski definition) is 4. The molecule has 0 unspecified atom stereocenters. The third-order valence-corrected chi connectivity index (χ3v) is 3.41. The lowest BCUT2D eigenvalue weighted by atomic mass is 10.0. The van der Waals surface area contributed by atoms with Crippen LogP contribution in [0.5, 0.6) is 5.75 Å². The first-order valence-corrected chi connectivity index (χ1v) is 7.10. The second-order valence-corrected chi connectivity index (χ2v) is 5.09. The van der Waals surface area contributed by atoms with E-state index in [1.54, 1.807) is 18.2 Å². The Morgan fingerprint density at radius 2 is 2.10 bits per heavy atom. The molecule has 1 aliphatic rings. The normalized spacial score (nSPS) is 17.9. The third kappa shape index (κ3) is 4.19. The van der Waals surface area contributed by atoms with Crippen molar-refractivity contribution >= 4 is 23.2 Å². The minimum atomic E-state index is -0.170. The predicted molar refractivity (Wildman–Crippen MR) is 81.6 cm³/mol. The summed E-state index contributed by atoms with van der Waals surface area (Å²) in [6, 6.07) is 5.02. The number of hydrogen-bond donors (Lipinski definition) is 3. The Kier molecular flexibility index (Phi) is 5.16. The van der Waals surface area contributed by atoms with Gasteiger partial charge in [-0.25, -0.2) is 0 Å². The number of carbonyl (C=O) groups excluding carboxylic acids is 2. The number of nitrogens with one attached hydrogen (secondary N) is 3. The molecule has 21 heavy (non-hydrogen) atoms. The van der Waals surface area contributed by atoms with Gasteiger partial charge in [-0.15, -0.1) is 0 Å². The summed E-state index contributed by atoms with van der Waals surface area (Å²) in [7, 11) is 1.52. The number of methoxy groups -OCH3 is 1. The largest absolute Gasteiger partial charge is 0.494 e. The van der Waals surface area contributed by atoms with Crippen molar-refractivity contribution in [3.63, 3.8) is 0 Å². The van der Waals surface area contributed by atoms with Crippen molar-refractivity contribution in [3.05, 3.63) is 18.2 Å². The van der Waals surface area contributed by atoms with E-state index in [0.717, 1.165) is 25.8 Å². The molecule has 1 atom stereocenters. The summed E-state index contributed by atoms with van der Waals surface area (Å²) in [5.74, 6) is 0.306. The molecular weight excluding hydrogens is 270 g/mol. The molecule has 0 saturated carbocycles. The van der Waals surface area contributed by atoms with Gasteiger partial charge in [0.15, 0.2) is 0 Å². The van der Waals surface area contributed by atoms with Crippen LogP contribution in [0.2, 0.25) is 0 Å². The van der Waals surface area contributed by atoms with Crippen molar-refractivity contribution < 1.29 is 14.3 Å². The maximum absolute atomic E-state index is 12.1. The smallest absolute Gasteiger partial charge is 0.241 e. The molecule has 6 heteroatoms. The maximum atomic E-state index is 12.1. The first-order valence-electron chi connectivity index (χ1n) is 7.10. The first-order chi connectivity index (χ1) is 10.1. The Balaban J connectivity index is 2.06. The zero-order valence-electron chi connectivity index (χ0n) is 12.4. The van der Waals surface area contributed by atoms with Crippen molar-refractivity contribution in [2.45, 2.75) is 32.2 Å². The monoisotopic (exact) mass is 291 g/mol. The van der Waals surface area contributed by atoms with Crippen molar-refractivity contribution in [3.8, 4) is 5.75 Å². The molecule has 3 N–H and O–H groups in total. The van der Waals surface area contributed by atoms with Gasteiger partial charge in [0, 0.05) is 18.7 Å². The van der Waals surface area contributed by atoms with Crippen LogP contribution < -0.4 is 20.7 Å². The molecule has 0 aromatic heterocycles. The topological polar surface area (TPSA) is 79.5 Å². The fourth-order valence-electron chi connectivity index (χ4n) is 2.37. The minimum Gasteiger partial charge on any atom is -0.494 e. The molecule has 0 bridgehead atoms. The van der Waals surface area contributed by atoms with Crippen LogP contribution in [0.3, 0.4) is 0 Å². The van der Waals surface area contributed by atoms with Crippen molar-refractivity contribution in [1.29, 1.82) is 0 Å². The summed E-state index contributed by atoms with van der Waals surface area (Å²) >= 11 is 0. The molecule has 0 spiro atoms. The Morgan fingerprint density at radius 1 is 1.29 bits per heavy atom. The SMILES string of the molecule is COc1cc(NC(=O)[C@@H]2CCCCN2)ccc1NC(C)=O. The van der Waals surface area contributed by atoms with Gasteiger partial charge in [0.25, 0.3) is 0 Å².